The zero-order valence-corrected chi connectivity index (χ0v) is 12.8. The number of aromatic nitrogens is 2. The van der Waals surface area contributed by atoms with Gasteiger partial charge in [-0.25, -0.2) is 17.5 Å². The molecular formula is C13H17FN4O2S. The third-order valence-electron chi connectivity index (χ3n) is 2.74. The Labute approximate surface area is 122 Å². The summed E-state index contributed by atoms with van der Waals surface area (Å²) in [5.41, 5.74) is 6.41. The van der Waals surface area contributed by atoms with Gasteiger partial charge in [-0.15, -0.1) is 5.10 Å². The molecule has 0 aliphatic heterocycles. The van der Waals surface area contributed by atoms with Crippen LogP contribution in [0.5, 0.6) is 0 Å². The van der Waals surface area contributed by atoms with Crippen LogP contribution in [0.3, 0.4) is 0 Å². The standard InChI is InChI=1S/C13H17FN4O2S/c1-8(2)16-13-11(21(3,19)20)12(15)18(17-13)10-6-4-9(14)5-7-10/h4-8H,15H2,1-3H3,(H,16,17). The van der Waals surface area contributed by atoms with E-state index in [4.69, 9.17) is 5.73 Å². The quantitative estimate of drug-likeness (QED) is 0.898. The molecule has 0 saturated carbocycles. The lowest BCUT2D eigenvalue weighted by Crippen LogP contribution is -2.13. The highest BCUT2D eigenvalue weighted by Gasteiger charge is 2.25. The van der Waals surface area contributed by atoms with Gasteiger partial charge in [0.15, 0.2) is 20.6 Å². The highest BCUT2D eigenvalue weighted by molar-refractivity contribution is 7.91. The molecule has 0 aliphatic rings. The zero-order valence-electron chi connectivity index (χ0n) is 12.0. The first kappa shape index (κ1) is 15.3. The molecule has 8 heteroatoms. The largest absolute Gasteiger partial charge is 0.382 e. The van der Waals surface area contributed by atoms with E-state index in [1.807, 2.05) is 13.8 Å². The maximum absolute atomic E-state index is 13.0. The summed E-state index contributed by atoms with van der Waals surface area (Å²) in [6, 6.07) is 5.45. The molecule has 0 radical (unpaired) electrons. The van der Waals surface area contributed by atoms with Crippen LogP contribution in [0.25, 0.3) is 5.69 Å². The number of nitrogens with one attached hydrogen (secondary N) is 1. The third-order valence-corrected chi connectivity index (χ3v) is 3.89. The minimum Gasteiger partial charge on any atom is -0.382 e. The van der Waals surface area contributed by atoms with Gasteiger partial charge in [-0.2, -0.15) is 0 Å². The summed E-state index contributed by atoms with van der Waals surface area (Å²) in [4.78, 5) is -0.0551. The van der Waals surface area contributed by atoms with E-state index in [1.54, 1.807) is 0 Å². The maximum Gasteiger partial charge on any atom is 0.182 e. The average Bonchev–Trinajstić information content (AvgIpc) is 2.66. The van der Waals surface area contributed by atoms with E-state index in [9.17, 15) is 12.8 Å². The monoisotopic (exact) mass is 312 g/mol. The lowest BCUT2D eigenvalue weighted by Gasteiger charge is -2.07. The molecule has 1 heterocycles. The number of hydrogen-bond acceptors (Lipinski definition) is 5. The average molecular weight is 312 g/mol. The molecular weight excluding hydrogens is 295 g/mol. The molecule has 0 atom stereocenters. The van der Waals surface area contributed by atoms with E-state index in [0.29, 0.717) is 5.69 Å². The number of nitrogen functional groups attached to an aromatic ring is 1. The van der Waals surface area contributed by atoms with E-state index >= 15 is 0 Å². The van der Waals surface area contributed by atoms with Crippen LogP contribution in [0.1, 0.15) is 13.8 Å². The lowest BCUT2D eigenvalue weighted by atomic mass is 10.3. The van der Waals surface area contributed by atoms with Crippen LogP contribution in [0.2, 0.25) is 0 Å². The van der Waals surface area contributed by atoms with Crippen molar-refractivity contribution in [1.82, 2.24) is 9.78 Å². The molecule has 0 amide bonds. The molecule has 1 aromatic heterocycles. The second kappa shape index (κ2) is 5.36. The van der Waals surface area contributed by atoms with Crippen molar-refractivity contribution < 1.29 is 12.8 Å². The number of benzene rings is 1. The van der Waals surface area contributed by atoms with E-state index in [1.165, 1.54) is 28.9 Å². The maximum atomic E-state index is 13.0. The number of sulfone groups is 1. The zero-order chi connectivity index (χ0) is 15.8. The van der Waals surface area contributed by atoms with Crippen molar-refractivity contribution in [2.45, 2.75) is 24.8 Å². The van der Waals surface area contributed by atoms with E-state index < -0.39 is 15.7 Å². The van der Waals surface area contributed by atoms with Gasteiger partial charge < -0.3 is 11.1 Å². The molecule has 114 valence electrons. The van der Waals surface area contributed by atoms with Gasteiger partial charge in [-0.3, -0.25) is 0 Å². The first-order valence-electron chi connectivity index (χ1n) is 6.31. The molecule has 3 N–H and O–H groups in total. The molecule has 1 aromatic carbocycles. The number of halogens is 1. The number of nitrogens with zero attached hydrogens (tertiary/aromatic N) is 2. The Balaban J connectivity index is 2.64. The minimum atomic E-state index is -3.55. The second-order valence-electron chi connectivity index (χ2n) is 5.02. The highest BCUT2D eigenvalue weighted by Crippen LogP contribution is 2.29. The van der Waals surface area contributed by atoms with E-state index in [2.05, 4.69) is 10.4 Å². The van der Waals surface area contributed by atoms with Crippen molar-refractivity contribution in [1.29, 1.82) is 0 Å². The summed E-state index contributed by atoms with van der Waals surface area (Å²) in [7, 11) is -3.55. The normalized spacial score (nSPS) is 11.9. The molecule has 0 spiro atoms. The summed E-state index contributed by atoms with van der Waals surface area (Å²) < 4.78 is 38.1. The van der Waals surface area contributed by atoms with Gasteiger partial charge in [0.2, 0.25) is 0 Å². The fourth-order valence-electron chi connectivity index (χ4n) is 1.93. The Kier molecular flexibility index (Phi) is 3.91. The van der Waals surface area contributed by atoms with E-state index in [-0.39, 0.29) is 22.6 Å². The predicted octanol–water partition coefficient (Wildman–Crippen LogP) is 1.82. The van der Waals surface area contributed by atoms with Gasteiger partial charge >= 0.3 is 0 Å². The topological polar surface area (TPSA) is 90.0 Å². The van der Waals surface area contributed by atoms with E-state index in [0.717, 1.165) is 6.26 Å². The van der Waals surface area contributed by atoms with Gasteiger partial charge in [-0.1, -0.05) is 0 Å². The molecule has 2 aromatic rings. The first-order valence-corrected chi connectivity index (χ1v) is 8.20. The molecule has 6 nitrogen and oxygen atoms in total. The Morgan fingerprint density at radius 3 is 2.33 bits per heavy atom. The SMILES string of the molecule is CC(C)Nc1nn(-c2ccc(F)cc2)c(N)c1S(C)(=O)=O. The van der Waals surface area contributed by atoms with Crippen LogP contribution in [0.4, 0.5) is 16.0 Å². The summed E-state index contributed by atoms with van der Waals surface area (Å²) in [6.45, 7) is 3.72. The minimum absolute atomic E-state index is 0.00717. The Morgan fingerprint density at radius 1 is 1.29 bits per heavy atom. The van der Waals surface area contributed by atoms with Crippen molar-refractivity contribution in [2.24, 2.45) is 0 Å². The fourth-order valence-corrected chi connectivity index (χ4v) is 2.85. The number of hydrogen-bond donors (Lipinski definition) is 2. The van der Waals surface area contributed by atoms with Crippen molar-refractivity contribution in [3.63, 3.8) is 0 Å². The third kappa shape index (κ3) is 3.15. The smallest absolute Gasteiger partial charge is 0.182 e. The van der Waals surface area contributed by atoms with Gasteiger partial charge in [0.25, 0.3) is 0 Å². The highest BCUT2D eigenvalue weighted by atomic mass is 32.2. The Bertz CT molecular complexity index is 751. The predicted molar refractivity (Wildman–Crippen MR) is 79.8 cm³/mol. The lowest BCUT2D eigenvalue weighted by molar-refractivity contribution is 0.602. The number of nitrogens with two attached hydrogens (primary N) is 1. The first-order chi connectivity index (χ1) is 9.70. The molecule has 0 bridgehead atoms. The van der Waals surface area contributed by atoms with Crippen molar-refractivity contribution >= 4 is 21.5 Å². The van der Waals surface area contributed by atoms with Crippen molar-refractivity contribution in [3.8, 4) is 5.69 Å². The molecule has 0 saturated heterocycles. The second-order valence-corrected chi connectivity index (χ2v) is 6.97. The van der Waals surface area contributed by atoms with Crippen LogP contribution >= 0.6 is 0 Å². The molecule has 0 fully saturated rings. The molecule has 0 unspecified atom stereocenters. The number of rotatable bonds is 4. The van der Waals surface area contributed by atoms with Crippen LogP contribution in [0.15, 0.2) is 29.2 Å². The molecule has 2 rings (SSSR count). The summed E-state index contributed by atoms with van der Waals surface area (Å²) >= 11 is 0. The van der Waals surface area contributed by atoms with Gasteiger partial charge in [0.1, 0.15) is 11.6 Å². The Morgan fingerprint density at radius 2 is 1.86 bits per heavy atom. The van der Waals surface area contributed by atoms with Gasteiger partial charge in [0.05, 0.1) is 5.69 Å². The van der Waals surface area contributed by atoms with Crippen LogP contribution in [-0.2, 0) is 9.84 Å². The van der Waals surface area contributed by atoms with Crippen molar-refractivity contribution in [3.05, 3.63) is 30.1 Å². The summed E-state index contributed by atoms with van der Waals surface area (Å²) in [6.07, 6.45) is 1.07. The molecule has 21 heavy (non-hydrogen) atoms. The number of anilines is 2. The van der Waals surface area contributed by atoms with Crippen LogP contribution in [0, 0.1) is 5.82 Å². The van der Waals surface area contributed by atoms with Crippen molar-refractivity contribution in [2.75, 3.05) is 17.3 Å². The fraction of sp³-hybridized carbons (Fsp3) is 0.308. The summed E-state index contributed by atoms with van der Waals surface area (Å²) in [5, 5.41) is 7.15. The van der Waals surface area contributed by atoms with Crippen LogP contribution < -0.4 is 11.1 Å². The van der Waals surface area contributed by atoms with Gasteiger partial charge in [0, 0.05) is 12.3 Å². The molecule has 0 aliphatic carbocycles. The summed E-state index contributed by atoms with van der Waals surface area (Å²) in [5.74, 6) is -0.213. The van der Waals surface area contributed by atoms with Crippen LogP contribution in [-0.4, -0.2) is 30.5 Å². The Hall–Kier alpha value is -2.09. The van der Waals surface area contributed by atoms with Gasteiger partial charge in [-0.05, 0) is 38.1 Å².